The number of sulfonamides is 1. The fraction of sp³-hybridized carbons (Fsp3) is 0.0833. The van der Waals surface area contributed by atoms with Gasteiger partial charge in [-0.3, -0.25) is 4.72 Å². The second-order valence-corrected chi connectivity index (χ2v) is 7.47. The van der Waals surface area contributed by atoms with Crippen LogP contribution in [0.5, 0.6) is 5.75 Å². The first-order chi connectivity index (χ1) is 9.70. The lowest BCUT2D eigenvalue weighted by Gasteiger charge is -2.12. The summed E-state index contributed by atoms with van der Waals surface area (Å²) in [6.07, 6.45) is 0. The minimum atomic E-state index is -4.09. The number of aromatic nitrogens is 1. The summed E-state index contributed by atoms with van der Waals surface area (Å²) in [7, 11) is -4.09. The maximum atomic E-state index is 12.4. The zero-order valence-electron chi connectivity index (χ0n) is 10.6. The Morgan fingerprint density at radius 3 is 2.38 bits per heavy atom. The number of hydrogen-bond acceptors (Lipinski definition) is 4. The number of halogens is 3. The Labute approximate surface area is 140 Å². The number of rotatable bonds is 3. The number of nitrogens with zero attached hydrogens (tertiary/aromatic N) is 1. The summed E-state index contributed by atoms with van der Waals surface area (Å²) in [6.45, 7) is 1.66. The molecule has 2 aromatic rings. The zero-order valence-corrected chi connectivity index (χ0v) is 14.5. The highest BCUT2D eigenvalue weighted by atomic mass is 79.9. The molecular formula is C12H9BrCl2N2O3S. The van der Waals surface area contributed by atoms with Gasteiger partial charge in [0.25, 0.3) is 10.0 Å². The quantitative estimate of drug-likeness (QED) is 0.800. The normalized spacial score (nSPS) is 11.4. The number of nitrogens with one attached hydrogen (secondary N) is 1. The standard InChI is InChI=1S/C12H9BrCl2N2O3S/c1-6-2-3-10(18)12(16-6)17-21(19,20)11-8(14)4-7(13)5-9(11)15/h2-5,18H,1H3,(H,16,17). The van der Waals surface area contributed by atoms with Crippen molar-refractivity contribution in [3.63, 3.8) is 0 Å². The van der Waals surface area contributed by atoms with Crippen LogP contribution in [0.2, 0.25) is 10.0 Å². The fourth-order valence-corrected chi connectivity index (χ4v) is 4.54. The molecule has 0 fully saturated rings. The van der Waals surface area contributed by atoms with E-state index in [1.54, 1.807) is 13.0 Å². The van der Waals surface area contributed by atoms with Gasteiger partial charge in [0.1, 0.15) is 4.90 Å². The number of hydrogen-bond donors (Lipinski definition) is 2. The molecule has 1 aromatic heterocycles. The van der Waals surface area contributed by atoms with E-state index in [1.807, 2.05) is 0 Å². The first-order valence-electron chi connectivity index (χ1n) is 5.54. The van der Waals surface area contributed by atoms with Gasteiger partial charge >= 0.3 is 0 Å². The van der Waals surface area contributed by atoms with E-state index >= 15 is 0 Å². The van der Waals surface area contributed by atoms with Gasteiger partial charge in [-0.1, -0.05) is 39.1 Å². The van der Waals surface area contributed by atoms with Crippen LogP contribution in [0.25, 0.3) is 0 Å². The van der Waals surface area contributed by atoms with Crippen LogP contribution in [-0.4, -0.2) is 18.5 Å². The average Bonchev–Trinajstić information content (AvgIpc) is 2.31. The predicted octanol–water partition coefficient (Wildman–Crippen LogP) is 3.97. The van der Waals surface area contributed by atoms with Crippen LogP contribution in [0, 0.1) is 6.92 Å². The van der Waals surface area contributed by atoms with Crippen molar-refractivity contribution in [1.82, 2.24) is 4.98 Å². The highest BCUT2D eigenvalue weighted by Crippen LogP contribution is 2.34. The molecule has 0 saturated carbocycles. The number of aryl methyl sites for hydroxylation is 1. The molecule has 2 N–H and O–H groups in total. The second-order valence-electron chi connectivity index (χ2n) is 4.12. The zero-order chi connectivity index (χ0) is 15.8. The second kappa shape index (κ2) is 6.00. The summed E-state index contributed by atoms with van der Waals surface area (Å²) in [5, 5.41) is 9.57. The van der Waals surface area contributed by atoms with Crippen molar-refractivity contribution in [1.29, 1.82) is 0 Å². The number of aromatic hydroxyl groups is 1. The van der Waals surface area contributed by atoms with E-state index in [0.717, 1.165) is 0 Å². The van der Waals surface area contributed by atoms with Crippen molar-refractivity contribution in [2.45, 2.75) is 11.8 Å². The van der Waals surface area contributed by atoms with Crippen LogP contribution in [0.3, 0.4) is 0 Å². The first-order valence-corrected chi connectivity index (χ1v) is 8.58. The molecule has 0 bridgehead atoms. The van der Waals surface area contributed by atoms with E-state index in [0.29, 0.717) is 10.2 Å². The van der Waals surface area contributed by atoms with Crippen LogP contribution in [-0.2, 0) is 10.0 Å². The van der Waals surface area contributed by atoms with Crippen molar-refractivity contribution in [2.75, 3.05) is 4.72 Å². The molecule has 0 unspecified atom stereocenters. The van der Waals surface area contributed by atoms with E-state index < -0.39 is 10.0 Å². The molecule has 0 aliphatic heterocycles. The van der Waals surface area contributed by atoms with E-state index in [2.05, 4.69) is 25.6 Å². The summed E-state index contributed by atoms with van der Waals surface area (Å²) >= 11 is 15.0. The maximum absolute atomic E-state index is 12.4. The molecule has 1 aromatic carbocycles. The van der Waals surface area contributed by atoms with Gasteiger partial charge in [-0.25, -0.2) is 13.4 Å². The highest BCUT2D eigenvalue weighted by molar-refractivity contribution is 9.10. The summed E-state index contributed by atoms with van der Waals surface area (Å²) < 4.78 is 27.5. The van der Waals surface area contributed by atoms with Gasteiger partial charge in [-0.05, 0) is 31.2 Å². The molecule has 1 heterocycles. The van der Waals surface area contributed by atoms with Crippen LogP contribution in [0.15, 0.2) is 33.6 Å². The van der Waals surface area contributed by atoms with Gasteiger partial charge in [0.2, 0.25) is 0 Å². The van der Waals surface area contributed by atoms with Gasteiger partial charge in [0.15, 0.2) is 11.6 Å². The SMILES string of the molecule is Cc1ccc(O)c(NS(=O)(=O)c2c(Cl)cc(Br)cc2Cl)n1. The molecule has 21 heavy (non-hydrogen) atoms. The third-order valence-corrected chi connectivity index (χ3v) is 5.19. The maximum Gasteiger partial charge on any atom is 0.266 e. The van der Waals surface area contributed by atoms with Crippen LogP contribution < -0.4 is 4.72 Å². The van der Waals surface area contributed by atoms with Gasteiger partial charge < -0.3 is 5.11 Å². The average molecular weight is 412 g/mol. The lowest BCUT2D eigenvalue weighted by molar-refractivity contribution is 0.475. The van der Waals surface area contributed by atoms with E-state index in [1.165, 1.54) is 18.2 Å². The molecule has 5 nitrogen and oxygen atoms in total. The Kier molecular flexibility index (Phi) is 4.67. The minimum Gasteiger partial charge on any atom is -0.504 e. The Morgan fingerprint density at radius 1 is 1.24 bits per heavy atom. The predicted molar refractivity (Wildman–Crippen MR) is 85.6 cm³/mol. The molecular weight excluding hydrogens is 403 g/mol. The molecule has 0 aliphatic rings. The molecule has 0 radical (unpaired) electrons. The summed E-state index contributed by atoms with van der Waals surface area (Å²) in [4.78, 5) is 3.64. The van der Waals surface area contributed by atoms with Gasteiger partial charge in [0.05, 0.1) is 10.0 Å². The van der Waals surface area contributed by atoms with Crippen molar-refractivity contribution in [3.8, 4) is 5.75 Å². The molecule has 0 atom stereocenters. The molecule has 0 saturated heterocycles. The van der Waals surface area contributed by atoms with Gasteiger partial charge in [-0.2, -0.15) is 0 Å². The molecule has 0 amide bonds. The Bertz CT molecular complexity index is 789. The molecule has 0 aliphatic carbocycles. The Hall–Kier alpha value is -1.02. The summed E-state index contributed by atoms with van der Waals surface area (Å²) in [5.74, 6) is -0.487. The largest absolute Gasteiger partial charge is 0.504 e. The molecule has 2 rings (SSSR count). The number of anilines is 1. The molecule has 0 spiro atoms. The van der Waals surface area contributed by atoms with Crippen molar-refractivity contribution in [2.24, 2.45) is 0 Å². The van der Waals surface area contributed by atoms with Crippen LogP contribution in [0.1, 0.15) is 5.69 Å². The highest BCUT2D eigenvalue weighted by Gasteiger charge is 2.24. The fourth-order valence-electron chi connectivity index (χ4n) is 1.59. The van der Waals surface area contributed by atoms with E-state index in [-0.39, 0.29) is 26.5 Å². The van der Waals surface area contributed by atoms with Crippen molar-refractivity contribution < 1.29 is 13.5 Å². The van der Waals surface area contributed by atoms with Crippen LogP contribution >= 0.6 is 39.1 Å². The Balaban J connectivity index is 2.51. The third kappa shape index (κ3) is 3.60. The topological polar surface area (TPSA) is 79.3 Å². The number of pyridine rings is 1. The van der Waals surface area contributed by atoms with Crippen LogP contribution in [0.4, 0.5) is 5.82 Å². The summed E-state index contributed by atoms with van der Waals surface area (Å²) in [6, 6.07) is 5.70. The van der Waals surface area contributed by atoms with Crippen molar-refractivity contribution >= 4 is 55.0 Å². The lowest BCUT2D eigenvalue weighted by Crippen LogP contribution is -2.15. The van der Waals surface area contributed by atoms with E-state index in [9.17, 15) is 13.5 Å². The minimum absolute atomic E-state index is 0.0472. The Morgan fingerprint density at radius 2 is 1.81 bits per heavy atom. The monoisotopic (exact) mass is 410 g/mol. The molecule has 112 valence electrons. The molecule has 9 heteroatoms. The lowest BCUT2D eigenvalue weighted by atomic mass is 10.3. The van der Waals surface area contributed by atoms with Crippen molar-refractivity contribution in [3.05, 3.63) is 44.5 Å². The summed E-state index contributed by atoms with van der Waals surface area (Å²) in [5.41, 5.74) is 0.540. The van der Waals surface area contributed by atoms with Gasteiger partial charge in [-0.15, -0.1) is 0 Å². The smallest absolute Gasteiger partial charge is 0.266 e. The van der Waals surface area contributed by atoms with Gasteiger partial charge in [0, 0.05) is 10.2 Å². The van der Waals surface area contributed by atoms with E-state index in [4.69, 9.17) is 23.2 Å². The third-order valence-electron chi connectivity index (χ3n) is 2.48. The first kappa shape index (κ1) is 16.4. The number of benzene rings is 1.